The second-order valence-corrected chi connectivity index (χ2v) is 8.69. The van der Waals surface area contributed by atoms with E-state index < -0.39 is 26.6 Å². The molecule has 0 spiro atoms. The van der Waals surface area contributed by atoms with Gasteiger partial charge in [-0.3, -0.25) is 14.1 Å². The van der Waals surface area contributed by atoms with E-state index in [4.69, 9.17) is 0 Å². The van der Waals surface area contributed by atoms with Gasteiger partial charge in [-0.05, 0) is 32.0 Å². The minimum atomic E-state index is -4.69. The third-order valence-corrected chi connectivity index (χ3v) is 7.11. The molecule has 2 aromatic carbocycles. The van der Waals surface area contributed by atoms with Crippen molar-refractivity contribution in [2.45, 2.75) is 38.3 Å². The first-order chi connectivity index (χ1) is 11.2. The van der Waals surface area contributed by atoms with Gasteiger partial charge in [-0.15, -0.1) is 0 Å². The summed E-state index contributed by atoms with van der Waals surface area (Å²) in [5.41, 5.74) is -0.252. The predicted molar refractivity (Wildman–Crippen MR) is 91.0 cm³/mol. The maximum absolute atomic E-state index is 12.0. The summed E-state index contributed by atoms with van der Waals surface area (Å²) in [6.07, 6.45) is 0. The molecule has 2 aromatic rings. The number of fused-ring (bicyclic) bond motifs is 2. The van der Waals surface area contributed by atoms with Crippen molar-refractivity contribution in [3.05, 3.63) is 41.5 Å². The van der Waals surface area contributed by atoms with Gasteiger partial charge in [-0.2, -0.15) is 8.42 Å². The Hall–Kier alpha value is -1.61. The number of hydrogen-bond donors (Lipinski definition) is 1. The molecule has 3 rings (SSSR count). The van der Waals surface area contributed by atoms with Gasteiger partial charge in [0, 0.05) is 25.1 Å². The van der Waals surface area contributed by atoms with Gasteiger partial charge in [0.15, 0.2) is 11.6 Å². The van der Waals surface area contributed by atoms with Crippen LogP contribution in [0.2, 0.25) is 0 Å². The molecule has 0 radical (unpaired) electrons. The van der Waals surface area contributed by atoms with Crippen molar-refractivity contribution in [2.75, 3.05) is 0 Å². The highest BCUT2D eigenvalue weighted by molar-refractivity contribution is 8.05. The molecule has 1 N–H and O–H groups in total. The first-order valence-electron chi connectivity index (χ1n) is 6.85. The van der Waals surface area contributed by atoms with Crippen molar-refractivity contribution in [3.63, 3.8) is 0 Å². The van der Waals surface area contributed by atoms with E-state index in [0.29, 0.717) is 4.90 Å². The average molecular weight is 380 g/mol. The molecule has 5 nitrogen and oxygen atoms in total. The van der Waals surface area contributed by atoms with Gasteiger partial charge in [0.25, 0.3) is 10.1 Å². The van der Waals surface area contributed by atoms with Gasteiger partial charge >= 0.3 is 0 Å². The Labute approximate surface area is 147 Å². The molecule has 124 valence electrons. The van der Waals surface area contributed by atoms with E-state index in [0.717, 1.165) is 21.6 Å². The van der Waals surface area contributed by atoms with Crippen molar-refractivity contribution in [2.24, 2.45) is 0 Å². The molecule has 0 fully saturated rings. The number of hydrogen-bond acceptors (Lipinski definition) is 6. The zero-order chi connectivity index (χ0) is 17.6. The second kappa shape index (κ2) is 6.03. The normalized spacial score (nSPS) is 13.1. The van der Waals surface area contributed by atoms with E-state index >= 15 is 0 Å². The van der Waals surface area contributed by atoms with Crippen LogP contribution in [0, 0.1) is 0 Å². The van der Waals surface area contributed by atoms with Crippen LogP contribution in [-0.2, 0) is 10.1 Å². The number of carbonyl (C=O) groups excluding carboxylic acids is 2. The quantitative estimate of drug-likeness (QED) is 0.543. The van der Waals surface area contributed by atoms with Crippen molar-refractivity contribution < 1.29 is 22.6 Å². The molecule has 0 unspecified atom stereocenters. The Morgan fingerprint density at radius 2 is 1.54 bits per heavy atom. The van der Waals surface area contributed by atoms with Gasteiger partial charge in [0.2, 0.25) is 0 Å². The third kappa shape index (κ3) is 2.90. The Morgan fingerprint density at radius 3 is 2.04 bits per heavy atom. The molecule has 24 heavy (non-hydrogen) atoms. The van der Waals surface area contributed by atoms with Crippen LogP contribution in [0.15, 0.2) is 54.8 Å². The van der Waals surface area contributed by atoms with Crippen LogP contribution in [0.1, 0.15) is 34.6 Å². The largest absolute Gasteiger partial charge is 0.296 e. The third-order valence-electron chi connectivity index (χ3n) is 3.47. The molecular weight excluding hydrogens is 368 g/mol. The van der Waals surface area contributed by atoms with Gasteiger partial charge in [0.1, 0.15) is 4.90 Å². The summed E-state index contributed by atoms with van der Waals surface area (Å²) in [5.74, 6) is -1.02. The molecule has 1 aliphatic heterocycles. The monoisotopic (exact) mass is 380 g/mol. The van der Waals surface area contributed by atoms with Crippen LogP contribution in [0.25, 0.3) is 0 Å². The highest BCUT2D eigenvalue weighted by Gasteiger charge is 2.32. The summed E-state index contributed by atoms with van der Waals surface area (Å²) in [6.45, 7) is 2.44. The number of Topliss-reactive ketones (excluding diaryl/α,β-unsaturated/α-hetero) is 2. The molecule has 0 aromatic heterocycles. The molecule has 0 atom stereocenters. The van der Waals surface area contributed by atoms with Crippen molar-refractivity contribution in [3.8, 4) is 0 Å². The van der Waals surface area contributed by atoms with Crippen LogP contribution >= 0.6 is 23.5 Å². The van der Waals surface area contributed by atoms with Crippen LogP contribution in [0.5, 0.6) is 0 Å². The van der Waals surface area contributed by atoms with Crippen molar-refractivity contribution in [1.82, 2.24) is 0 Å². The average Bonchev–Trinajstić information content (AvgIpc) is 2.49. The first-order valence-corrected chi connectivity index (χ1v) is 9.92. The van der Waals surface area contributed by atoms with Crippen molar-refractivity contribution >= 4 is 45.2 Å². The fourth-order valence-corrected chi connectivity index (χ4v) is 6.18. The van der Waals surface area contributed by atoms with E-state index in [1.807, 2.05) is 24.3 Å². The Morgan fingerprint density at radius 1 is 0.958 bits per heavy atom. The van der Waals surface area contributed by atoms with Gasteiger partial charge in [-0.1, -0.05) is 35.7 Å². The lowest BCUT2D eigenvalue weighted by molar-refractivity contribution is 0.0977. The fourth-order valence-electron chi connectivity index (χ4n) is 2.51. The highest BCUT2D eigenvalue weighted by atomic mass is 32.2. The zero-order valence-corrected chi connectivity index (χ0v) is 15.1. The van der Waals surface area contributed by atoms with Crippen molar-refractivity contribution in [1.29, 1.82) is 0 Å². The summed E-state index contributed by atoms with van der Waals surface area (Å²) < 4.78 is 33.7. The van der Waals surface area contributed by atoms with Crippen LogP contribution in [-0.4, -0.2) is 24.5 Å². The standard InChI is InChI=1S/C16H12O5S3/c1-8(17)10-7-13-15(16(24(19,20)21)14(10)9(2)18)23-12-6-4-3-5-11(12)22-13/h3-7H,1-2H3,(H,19,20,21). The Kier molecular flexibility index (Phi) is 4.33. The van der Waals surface area contributed by atoms with Crippen LogP contribution in [0.3, 0.4) is 0 Å². The number of carbonyl (C=O) groups is 2. The Bertz CT molecular complexity index is 993. The lowest BCUT2D eigenvalue weighted by atomic mass is 10.0. The number of rotatable bonds is 3. The molecule has 1 heterocycles. The summed E-state index contributed by atoms with van der Waals surface area (Å²) in [5, 5.41) is 0. The fraction of sp³-hybridized carbons (Fsp3) is 0.125. The van der Waals surface area contributed by atoms with E-state index in [1.54, 1.807) is 0 Å². The second-order valence-electron chi connectivity index (χ2n) is 5.19. The SMILES string of the molecule is CC(=O)c1cc2c(c(S(=O)(=O)O)c1C(C)=O)Sc1ccccc1S2. The first kappa shape index (κ1) is 17.2. The van der Waals surface area contributed by atoms with Gasteiger partial charge < -0.3 is 0 Å². The predicted octanol–water partition coefficient (Wildman–Crippen LogP) is 3.95. The minimum absolute atomic E-state index is 0.00126. The molecule has 0 amide bonds. The van der Waals surface area contributed by atoms with E-state index in [-0.39, 0.29) is 16.0 Å². The molecular formula is C16H12O5S3. The molecule has 0 saturated carbocycles. The summed E-state index contributed by atoms with van der Waals surface area (Å²) in [6, 6.07) is 8.92. The topological polar surface area (TPSA) is 88.5 Å². The molecule has 8 heteroatoms. The summed E-state index contributed by atoms with van der Waals surface area (Å²) in [4.78, 5) is 26.0. The summed E-state index contributed by atoms with van der Waals surface area (Å²) in [7, 11) is -4.69. The van der Waals surface area contributed by atoms with Crippen LogP contribution < -0.4 is 0 Å². The zero-order valence-electron chi connectivity index (χ0n) is 12.7. The lowest BCUT2D eigenvalue weighted by Crippen LogP contribution is -2.15. The molecule has 0 aliphatic carbocycles. The van der Waals surface area contributed by atoms with Gasteiger partial charge in [-0.25, -0.2) is 0 Å². The number of ketones is 2. The van der Waals surface area contributed by atoms with E-state index in [9.17, 15) is 22.6 Å². The lowest BCUT2D eigenvalue weighted by Gasteiger charge is -2.22. The maximum atomic E-state index is 12.0. The summed E-state index contributed by atoms with van der Waals surface area (Å²) >= 11 is 2.47. The molecule has 1 aliphatic rings. The van der Waals surface area contributed by atoms with E-state index in [2.05, 4.69) is 0 Å². The minimum Gasteiger partial charge on any atom is -0.294 e. The van der Waals surface area contributed by atoms with Crippen LogP contribution in [0.4, 0.5) is 0 Å². The highest BCUT2D eigenvalue weighted by Crippen LogP contribution is 2.52. The molecule has 0 bridgehead atoms. The number of benzene rings is 2. The van der Waals surface area contributed by atoms with E-state index in [1.165, 1.54) is 31.7 Å². The Balaban J connectivity index is 2.40. The maximum Gasteiger partial charge on any atom is 0.296 e. The smallest absolute Gasteiger partial charge is 0.294 e. The molecule has 0 saturated heterocycles. The van der Waals surface area contributed by atoms with Gasteiger partial charge in [0.05, 0.1) is 5.56 Å².